The molecule has 0 spiro atoms. The fourth-order valence-corrected chi connectivity index (χ4v) is 2.77. The van der Waals surface area contributed by atoms with Crippen LogP contribution in [-0.2, 0) is 23.7 Å². The summed E-state index contributed by atoms with van der Waals surface area (Å²) in [6.45, 7) is 1.38. The average molecular weight is 337 g/mol. The second kappa shape index (κ2) is 5.62. The lowest BCUT2D eigenvalue weighted by Gasteiger charge is -2.36. The molecule has 2 heterocycles. The summed E-state index contributed by atoms with van der Waals surface area (Å²) in [4.78, 5) is 62.1. The van der Waals surface area contributed by atoms with Crippen molar-refractivity contribution < 1.29 is 19.5 Å². The summed E-state index contributed by atoms with van der Waals surface area (Å²) < 4.78 is 1.48. The Morgan fingerprint density at radius 2 is 1.33 bits per heavy atom. The number of hydrogen-bond acceptors (Lipinski definition) is 6. The zero-order valence-electron chi connectivity index (χ0n) is 13.9. The number of amides is 4. The molecule has 10 heteroatoms. The molecule has 4 amide bonds. The van der Waals surface area contributed by atoms with E-state index in [1.807, 2.05) is 0 Å². The van der Waals surface area contributed by atoms with Crippen LogP contribution in [0, 0.1) is 5.92 Å². The van der Waals surface area contributed by atoms with Gasteiger partial charge in [0.05, 0.1) is 0 Å². The Morgan fingerprint density at radius 3 is 1.79 bits per heavy atom. The highest BCUT2D eigenvalue weighted by Crippen LogP contribution is 2.31. The average Bonchev–Trinajstić information content (AvgIpc) is 2.55. The molecule has 1 saturated heterocycles. The van der Waals surface area contributed by atoms with E-state index < -0.39 is 46.8 Å². The zero-order chi connectivity index (χ0) is 18.5. The van der Waals surface area contributed by atoms with Crippen LogP contribution in [0.1, 0.15) is 18.4 Å². The molecule has 0 aromatic carbocycles. The Balaban J connectivity index is 2.65. The third kappa shape index (κ3) is 2.22. The van der Waals surface area contributed by atoms with Gasteiger partial charge in [0.1, 0.15) is 5.92 Å². The molecule has 1 aliphatic rings. The molecule has 24 heavy (non-hydrogen) atoms. The molecule has 0 saturated carbocycles. The SMILES string of the molecule is CC(c1c([O-])n(C)c(=O)n(C)c1=O)C1C(=O)N(C)C(=O)N(C)C1=O. The van der Waals surface area contributed by atoms with Crippen LogP contribution in [0.25, 0.3) is 0 Å². The number of rotatable bonds is 2. The molecule has 1 aromatic heterocycles. The van der Waals surface area contributed by atoms with Crippen LogP contribution in [-0.4, -0.2) is 50.9 Å². The van der Waals surface area contributed by atoms with Crippen LogP contribution in [0.5, 0.6) is 5.88 Å². The van der Waals surface area contributed by atoms with Crippen LogP contribution in [0.2, 0.25) is 0 Å². The maximum atomic E-state index is 12.3. The summed E-state index contributed by atoms with van der Waals surface area (Å²) in [5.74, 6) is -4.95. The van der Waals surface area contributed by atoms with Crippen LogP contribution < -0.4 is 16.4 Å². The minimum absolute atomic E-state index is 0.345. The van der Waals surface area contributed by atoms with Crippen molar-refractivity contribution in [3.63, 3.8) is 0 Å². The lowest BCUT2D eigenvalue weighted by molar-refractivity contribution is -0.281. The van der Waals surface area contributed by atoms with Gasteiger partial charge < -0.3 is 9.67 Å². The Labute approximate surface area is 136 Å². The fraction of sp³-hybridized carbons (Fsp3) is 0.500. The normalized spacial score (nSPS) is 17.6. The van der Waals surface area contributed by atoms with E-state index in [9.17, 15) is 29.1 Å². The van der Waals surface area contributed by atoms with Gasteiger partial charge in [-0.25, -0.2) is 9.59 Å². The van der Waals surface area contributed by atoms with Crippen molar-refractivity contribution in [2.75, 3.05) is 14.1 Å². The first-order chi connectivity index (χ1) is 11.0. The highest BCUT2D eigenvalue weighted by molar-refractivity contribution is 6.16. The van der Waals surface area contributed by atoms with Crippen LogP contribution in [0.15, 0.2) is 9.59 Å². The molecule has 10 nitrogen and oxygen atoms in total. The van der Waals surface area contributed by atoms with E-state index in [1.165, 1.54) is 35.1 Å². The van der Waals surface area contributed by atoms with Gasteiger partial charge in [-0.15, -0.1) is 0 Å². The maximum Gasteiger partial charge on any atom is 0.332 e. The summed E-state index contributed by atoms with van der Waals surface area (Å²) in [5.41, 5.74) is -2.01. The van der Waals surface area contributed by atoms with Gasteiger partial charge in [0, 0.05) is 39.7 Å². The molecular formula is C14H17N4O6-. The first kappa shape index (κ1) is 17.4. The molecule has 0 radical (unpaired) electrons. The third-order valence-corrected chi connectivity index (χ3v) is 4.37. The maximum absolute atomic E-state index is 12.3. The van der Waals surface area contributed by atoms with Crippen molar-refractivity contribution in [1.82, 2.24) is 18.9 Å². The molecule has 1 atom stereocenters. The van der Waals surface area contributed by atoms with Crippen molar-refractivity contribution in [1.29, 1.82) is 0 Å². The minimum atomic E-state index is -1.39. The van der Waals surface area contributed by atoms with Gasteiger partial charge in [-0.05, 0) is 5.88 Å². The second-order valence-corrected chi connectivity index (χ2v) is 5.77. The second-order valence-electron chi connectivity index (χ2n) is 5.77. The number of imide groups is 2. The van der Waals surface area contributed by atoms with Crippen molar-refractivity contribution in [3.05, 3.63) is 26.4 Å². The highest BCUT2D eigenvalue weighted by Gasteiger charge is 2.46. The van der Waals surface area contributed by atoms with Gasteiger partial charge in [0.2, 0.25) is 11.8 Å². The quantitative estimate of drug-likeness (QED) is 0.571. The van der Waals surface area contributed by atoms with Gasteiger partial charge in [-0.2, -0.15) is 0 Å². The molecule has 1 unspecified atom stereocenters. The minimum Gasteiger partial charge on any atom is -0.860 e. The summed E-state index contributed by atoms with van der Waals surface area (Å²) in [6, 6.07) is -0.788. The molecule has 0 bridgehead atoms. The Kier molecular flexibility index (Phi) is 4.09. The highest BCUT2D eigenvalue weighted by atomic mass is 16.3. The molecule has 0 N–H and O–H groups in total. The van der Waals surface area contributed by atoms with Gasteiger partial charge in [0.15, 0.2) is 0 Å². The van der Waals surface area contributed by atoms with Crippen LogP contribution in [0.4, 0.5) is 4.79 Å². The monoisotopic (exact) mass is 337 g/mol. The van der Waals surface area contributed by atoms with Crippen molar-refractivity contribution in [2.24, 2.45) is 20.0 Å². The topological polar surface area (TPSA) is 125 Å². The molecule has 1 fully saturated rings. The summed E-state index contributed by atoms with van der Waals surface area (Å²) in [7, 11) is 4.83. The van der Waals surface area contributed by atoms with E-state index in [4.69, 9.17) is 0 Å². The molecule has 0 aliphatic carbocycles. The number of carbonyl (C=O) groups excluding carboxylic acids is 3. The van der Waals surface area contributed by atoms with Crippen molar-refractivity contribution >= 4 is 17.8 Å². The third-order valence-electron chi connectivity index (χ3n) is 4.37. The largest absolute Gasteiger partial charge is 0.860 e. The zero-order valence-corrected chi connectivity index (χ0v) is 13.9. The van der Waals surface area contributed by atoms with E-state index in [-0.39, 0.29) is 5.56 Å². The van der Waals surface area contributed by atoms with E-state index >= 15 is 0 Å². The van der Waals surface area contributed by atoms with Gasteiger partial charge >= 0.3 is 11.7 Å². The predicted molar refractivity (Wildman–Crippen MR) is 79.2 cm³/mol. The van der Waals surface area contributed by atoms with Crippen molar-refractivity contribution in [3.8, 4) is 5.88 Å². The molecule has 130 valence electrons. The fourth-order valence-electron chi connectivity index (χ4n) is 2.77. The van der Waals surface area contributed by atoms with Crippen LogP contribution in [0.3, 0.4) is 0 Å². The first-order valence-corrected chi connectivity index (χ1v) is 7.08. The number of barbiturate groups is 1. The molecular weight excluding hydrogens is 320 g/mol. The Bertz CT molecular complexity index is 843. The number of carbonyl (C=O) groups is 3. The standard InChI is InChI=1S/C14H18N4O6/c1-6(7-9(19)15(2)13(23)16(3)10(7)20)8-11(21)17(4)14(24)18(5)12(8)22/h6-7,21H,1-5H3/p-1. The van der Waals surface area contributed by atoms with E-state index in [2.05, 4.69) is 0 Å². The van der Waals surface area contributed by atoms with Gasteiger partial charge in [0.25, 0.3) is 5.56 Å². The summed E-state index contributed by atoms with van der Waals surface area (Å²) >= 11 is 0. The Morgan fingerprint density at radius 1 is 0.875 bits per heavy atom. The van der Waals surface area contributed by atoms with E-state index in [0.717, 1.165) is 18.9 Å². The van der Waals surface area contributed by atoms with E-state index in [1.54, 1.807) is 0 Å². The number of urea groups is 1. The smallest absolute Gasteiger partial charge is 0.332 e. The van der Waals surface area contributed by atoms with Gasteiger partial charge in [-0.3, -0.25) is 28.8 Å². The summed E-state index contributed by atoms with van der Waals surface area (Å²) in [5, 5.41) is 12.3. The van der Waals surface area contributed by atoms with Crippen LogP contribution >= 0.6 is 0 Å². The molecule has 1 aromatic rings. The first-order valence-electron chi connectivity index (χ1n) is 7.08. The molecule has 1 aliphatic heterocycles. The predicted octanol–water partition coefficient (Wildman–Crippen LogP) is -2.07. The van der Waals surface area contributed by atoms with Gasteiger partial charge in [-0.1, -0.05) is 6.92 Å². The number of nitrogens with zero attached hydrogens (tertiary/aromatic N) is 4. The Hall–Kier alpha value is -2.91. The van der Waals surface area contributed by atoms with Crippen molar-refractivity contribution in [2.45, 2.75) is 12.8 Å². The number of hydrogen-bond donors (Lipinski definition) is 0. The molecule has 2 rings (SSSR count). The lowest BCUT2D eigenvalue weighted by Crippen LogP contribution is -2.58. The number of aromatic nitrogens is 2. The van der Waals surface area contributed by atoms with E-state index in [0.29, 0.717) is 0 Å². The summed E-state index contributed by atoms with van der Waals surface area (Å²) in [6.07, 6.45) is 0. The lowest BCUT2D eigenvalue weighted by atomic mass is 9.85.